The van der Waals surface area contributed by atoms with Gasteiger partial charge in [0.15, 0.2) is 0 Å². The zero-order valence-corrected chi connectivity index (χ0v) is 10.9. The molecule has 0 amide bonds. The highest BCUT2D eigenvalue weighted by Gasteiger charge is 2.13. The van der Waals surface area contributed by atoms with Gasteiger partial charge in [-0.05, 0) is 37.6 Å². The van der Waals surface area contributed by atoms with E-state index in [1.807, 2.05) is 37.7 Å². The summed E-state index contributed by atoms with van der Waals surface area (Å²) in [6.07, 6.45) is 0. The first-order valence-electron chi connectivity index (χ1n) is 4.96. The van der Waals surface area contributed by atoms with Crippen molar-refractivity contribution in [2.45, 2.75) is 13.8 Å². The number of benzene rings is 1. The first-order chi connectivity index (χ1) is 7.50. The van der Waals surface area contributed by atoms with Crippen molar-refractivity contribution in [2.75, 3.05) is 0 Å². The van der Waals surface area contributed by atoms with E-state index in [0.717, 1.165) is 22.5 Å². The molecule has 0 aliphatic carbocycles. The van der Waals surface area contributed by atoms with Crippen LogP contribution < -0.4 is 0 Å². The predicted molar refractivity (Wildman–Crippen MR) is 68.1 cm³/mol. The summed E-state index contributed by atoms with van der Waals surface area (Å²) in [6, 6.07) is 5.47. The molecule has 2 aromatic rings. The SMILES string of the molecule is Cc1c(-c2ccc(Cl)cc2Cl)nn(C)c1C. The molecule has 0 aliphatic heterocycles. The molecule has 0 radical (unpaired) electrons. The lowest BCUT2D eigenvalue weighted by atomic mass is 10.1. The Bertz CT molecular complexity index is 544. The maximum Gasteiger partial charge on any atom is 0.0969 e. The van der Waals surface area contributed by atoms with Gasteiger partial charge in [0.2, 0.25) is 0 Å². The zero-order valence-electron chi connectivity index (χ0n) is 9.38. The van der Waals surface area contributed by atoms with Crippen LogP contribution in [-0.4, -0.2) is 9.78 Å². The largest absolute Gasteiger partial charge is 0.272 e. The highest BCUT2D eigenvalue weighted by molar-refractivity contribution is 6.36. The topological polar surface area (TPSA) is 17.8 Å². The molecule has 0 saturated carbocycles. The van der Waals surface area contributed by atoms with E-state index in [-0.39, 0.29) is 0 Å². The molecule has 0 aliphatic rings. The molecule has 1 heterocycles. The number of nitrogens with zero attached hydrogens (tertiary/aromatic N) is 2. The molecule has 0 N–H and O–H groups in total. The maximum atomic E-state index is 6.16. The third kappa shape index (κ3) is 1.83. The van der Waals surface area contributed by atoms with Crippen LogP contribution >= 0.6 is 23.2 Å². The Hall–Kier alpha value is -0.990. The summed E-state index contributed by atoms with van der Waals surface area (Å²) in [5, 5.41) is 5.73. The molecule has 0 atom stereocenters. The minimum absolute atomic E-state index is 0.633. The third-order valence-corrected chi connectivity index (χ3v) is 3.37. The van der Waals surface area contributed by atoms with Crippen LogP contribution in [-0.2, 0) is 7.05 Å². The quantitative estimate of drug-likeness (QED) is 0.752. The molecule has 1 aromatic heterocycles. The Labute approximate surface area is 105 Å². The van der Waals surface area contributed by atoms with Crippen molar-refractivity contribution in [2.24, 2.45) is 7.05 Å². The fraction of sp³-hybridized carbons (Fsp3) is 0.250. The molecule has 0 spiro atoms. The zero-order chi connectivity index (χ0) is 11.9. The van der Waals surface area contributed by atoms with E-state index >= 15 is 0 Å². The number of halogens is 2. The summed E-state index contributed by atoms with van der Waals surface area (Å²) in [5.41, 5.74) is 4.13. The molecule has 0 fully saturated rings. The van der Waals surface area contributed by atoms with Crippen molar-refractivity contribution in [3.63, 3.8) is 0 Å². The van der Waals surface area contributed by atoms with Crippen molar-refractivity contribution in [1.82, 2.24) is 9.78 Å². The average molecular weight is 255 g/mol. The van der Waals surface area contributed by atoms with E-state index in [1.54, 1.807) is 6.07 Å². The molecule has 2 rings (SSSR count). The highest BCUT2D eigenvalue weighted by Crippen LogP contribution is 2.32. The van der Waals surface area contributed by atoms with Gasteiger partial charge in [0.05, 0.1) is 10.7 Å². The number of aryl methyl sites for hydroxylation is 1. The van der Waals surface area contributed by atoms with E-state index in [4.69, 9.17) is 23.2 Å². The van der Waals surface area contributed by atoms with Crippen LogP contribution in [0.3, 0.4) is 0 Å². The summed E-state index contributed by atoms with van der Waals surface area (Å²) >= 11 is 12.0. The first kappa shape index (κ1) is 11.5. The predicted octanol–water partition coefficient (Wildman–Crippen LogP) is 4.01. The van der Waals surface area contributed by atoms with Crippen LogP contribution in [0.2, 0.25) is 10.0 Å². The smallest absolute Gasteiger partial charge is 0.0969 e. The molecule has 0 bridgehead atoms. The normalized spacial score (nSPS) is 10.8. The van der Waals surface area contributed by atoms with Gasteiger partial charge in [0.1, 0.15) is 0 Å². The molecule has 4 heteroatoms. The molecular formula is C12H12Cl2N2. The second kappa shape index (κ2) is 4.11. The summed E-state index contributed by atoms with van der Waals surface area (Å²) in [5.74, 6) is 0. The lowest BCUT2D eigenvalue weighted by Gasteiger charge is -2.02. The first-order valence-corrected chi connectivity index (χ1v) is 5.72. The molecule has 0 unspecified atom stereocenters. The van der Waals surface area contributed by atoms with Gasteiger partial charge in [0, 0.05) is 23.3 Å². The number of aromatic nitrogens is 2. The van der Waals surface area contributed by atoms with Gasteiger partial charge < -0.3 is 0 Å². The van der Waals surface area contributed by atoms with Crippen molar-refractivity contribution in [3.05, 3.63) is 39.5 Å². The Kier molecular flexibility index (Phi) is 2.96. The minimum atomic E-state index is 0.633. The Balaban J connectivity index is 2.63. The Morgan fingerprint density at radius 3 is 2.38 bits per heavy atom. The molecule has 1 aromatic carbocycles. The number of hydrogen-bond acceptors (Lipinski definition) is 1. The van der Waals surface area contributed by atoms with Crippen LogP contribution in [0.5, 0.6) is 0 Å². The monoisotopic (exact) mass is 254 g/mol. The lowest BCUT2D eigenvalue weighted by Crippen LogP contribution is -1.92. The standard InChI is InChI=1S/C12H12Cl2N2/c1-7-8(2)16(3)15-12(7)10-5-4-9(13)6-11(10)14/h4-6H,1-3H3. The van der Waals surface area contributed by atoms with Crippen LogP contribution in [0.25, 0.3) is 11.3 Å². The highest BCUT2D eigenvalue weighted by atomic mass is 35.5. The van der Waals surface area contributed by atoms with E-state index in [2.05, 4.69) is 5.10 Å². The van der Waals surface area contributed by atoms with Crippen LogP contribution in [0.4, 0.5) is 0 Å². The van der Waals surface area contributed by atoms with Crippen molar-refractivity contribution in [1.29, 1.82) is 0 Å². The van der Waals surface area contributed by atoms with Gasteiger partial charge in [-0.1, -0.05) is 23.2 Å². The number of hydrogen-bond donors (Lipinski definition) is 0. The average Bonchev–Trinajstić information content (AvgIpc) is 2.46. The fourth-order valence-electron chi connectivity index (χ4n) is 1.65. The van der Waals surface area contributed by atoms with E-state index in [9.17, 15) is 0 Å². The van der Waals surface area contributed by atoms with E-state index < -0.39 is 0 Å². The van der Waals surface area contributed by atoms with Crippen molar-refractivity contribution in [3.8, 4) is 11.3 Å². The maximum absolute atomic E-state index is 6.16. The molecular weight excluding hydrogens is 243 g/mol. The van der Waals surface area contributed by atoms with E-state index in [1.165, 1.54) is 0 Å². The minimum Gasteiger partial charge on any atom is -0.272 e. The van der Waals surface area contributed by atoms with Crippen LogP contribution in [0, 0.1) is 13.8 Å². The van der Waals surface area contributed by atoms with Gasteiger partial charge >= 0.3 is 0 Å². The van der Waals surface area contributed by atoms with Crippen molar-refractivity contribution < 1.29 is 0 Å². The Morgan fingerprint density at radius 1 is 1.19 bits per heavy atom. The summed E-state index contributed by atoms with van der Waals surface area (Å²) in [4.78, 5) is 0. The van der Waals surface area contributed by atoms with Gasteiger partial charge in [-0.3, -0.25) is 4.68 Å². The summed E-state index contributed by atoms with van der Waals surface area (Å²) < 4.78 is 1.86. The Morgan fingerprint density at radius 2 is 1.88 bits per heavy atom. The summed E-state index contributed by atoms with van der Waals surface area (Å²) in [7, 11) is 1.93. The van der Waals surface area contributed by atoms with E-state index in [0.29, 0.717) is 10.0 Å². The van der Waals surface area contributed by atoms with Gasteiger partial charge in [-0.15, -0.1) is 0 Å². The van der Waals surface area contributed by atoms with Gasteiger partial charge in [-0.2, -0.15) is 5.10 Å². The third-order valence-electron chi connectivity index (χ3n) is 2.82. The van der Waals surface area contributed by atoms with Gasteiger partial charge in [-0.25, -0.2) is 0 Å². The van der Waals surface area contributed by atoms with Crippen LogP contribution in [0.1, 0.15) is 11.3 Å². The second-order valence-corrected chi connectivity index (χ2v) is 4.65. The van der Waals surface area contributed by atoms with Gasteiger partial charge in [0.25, 0.3) is 0 Å². The lowest BCUT2D eigenvalue weighted by molar-refractivity contribution is 0.741. The van der Waals surface area contributed by atoms with Crippen LogP contribution in [0.15, 0.2) is 18.2 Å². The van der Waals surface area contributed by atoms with Crippen molar-refractivity contribution >= 4 is 23.2 Å². The fourth-order valence-corrected chi connectivity index (χ4v) is 2.15. The summed E-state index contributed by atoms with van der Waals surface area (Å²) in [6.45, 7) is 4.08. The second-order valence-electron chi connectivity index (χ2n) is 3.81. The molecule has 2 nitrogen and oxygen atoms in total. The number of rotatable bonds is 1. The molecule has 84 valence electrons. The molecule has 16 heavy (non-hydrogen) atoms. The molecule has 0 saturated heterocycles.